The van der Waals surface area contributed by atoms with Crippen LogP contribution in [0.15, 0.2) is 72.9 Å². The number of rotatable bonds is 6. The number of benzene rings is 3. The zero-order valence-electron chi connectivity index (χ0n) is 15.1. The topological polar surface area (TPSA) is 67.4 Å². The molecule has 0 saturated heterocycles. The standard InChI is InChI=1S/C22H16Cl2N2O3/c23-15-7-5-14(6-8-15)13-28-16-9-10-17(19(27)11-16)22-21(12-25-26-22)29-20-4-2-1-3-18(20)24/h1-12,27H,13H2,(H,25,26). The number of ether oxygens (including phenoxy) is 2. The molecule has 29 heavy (non-hydrogen) atoms. The van der Waals surface area contributed by atoms with Crippen LogP contribution < -0.4 is 9.47 Å². The molecule has 1 aromatic heterocycles. The van der Waals surface area contributed by atoms with Gasteiger partial charge < -0.3 is 14.6 Å². The van der Waals surface area contributed by atoms with Crippen molar-refractivity contribution in [2.75, 3.05) is 0 Å². The van der Waals surface area contributed by atoms with Crippen molar-refractivity contribution >= 4 is 23.2 Å². The number of halogens is 2. The second-order valence-corrected chi connectivity index (χ2v) is 7.08. The molecular formula is C22H16Cl2N2O3. The quantitative estimate of drug-likeness (QED) is 0.371. The maximum Gasteiger partial charge on any atom is 0.173 e. The molecule has 4 rings (SSSR count). The fourth-order valence-corrected chi connectivity index (χ4v) is 3.05. The number of H-pyrrole nitrogens is 1. The second-order valence-electron chi connectivity index (χ2n) is 6.24. The number of hydrogen-bond acceptors (Lipinski definition) is 4. The first-order chi connectivity index (χ1) is 14.1. The van der Waals surface area contributed by atoms with Crippen LogP contribution in [0.5, 0.6) is 23.0 Å². The van der Waals surface area contributed by atoms with Crippen LogP contribution in [0, 0.1) is 0 Å². The fourth-order valence-electron chi connectivity index (χ4n) is 2.75. The van der Waals surface area contributed by atoms with Crippen molar-refractivity contribution in [3.63, 3.8) is 0 Å². The van der Waals surface area contributed by atoms with Gasteiger partial charge in [0.2, 0.25) is 0 Å². The minimum Gasteiger partial charge on any atom is -0.507 e. The molecule has 0 bridgehead atoms. The summed E-state index contributed by atoms with van der Waals surface area (Å²) in [4.78, 5) is 0. The van der Waals surface area contributed by atoms with Gasteiger partial charge >= 0.3 is 0 Å². The molecule has 0 aliphatic heterocycles. The lowest BCUT2D eigenvalue weighted by Crippen LogP contribution is -1.95. The first-order valence-corrected chi connectivity index (χ1v) is 9.52. The maximum atomic E-state index is 10.5. The average Bonchev–Trinajstić information content (AvgIpc) is 3.17. The summed E-state index contributed by atoms with van der Waals surface area (Å²) in [6, 6.07) is 19.6. The van der Waals surface area contributed by atoms with Gasteiger partial charge in [-0.15, -0.1) is 0 Å². The first kappa shape index (κ1) is 19.2. The molecule has 0 amide bonds. The molecular weight excluding hydrogens is 411 g/mol. The molecule has 0 aliphatic carbocycles. The van der Waals surface area contributed by atoms with E-state index in [2.05, 4.69) is 10.2 Å². The van der Waals surface area contributed by atoms with E-state index in [0.29, 0.717) is 45.2 Å². The number of phenolic OH excluding ortho intramolecular Hbond substituents is 1. The van der Waals surface area contributed by atoms with Crippen LogP contribution in [-0.4, -0.2) is 15.3 Å². The van der Waals surface area contributed by atoms with Gasteiger partial charge in [0.1, 0.15) is 29.5 Å². The van der Waals surface area contributed by atoms with Crippen molar-refractivity contribution < 1.29 is 14.6 Å². The summed E-state index contributed by atoms with van der Waals surface area (Å²) < 4.78 is 11.6. The number of aromatic amines is 1. The number of phenols is 1. The lowest BCUT2D eigenvalue weighted by molar-refractivity contribution is 0.304. The van der Waals surface area contributed by atoms with E-state index in [1.165, 1.54) is 6.20 Å². The maximum absolute atomic E-state index is 10.5. The Morgan fingerprint density at radius 2 is 1.72 bits per heavy atom. The minimum absolute atomic E-state index is 0.0341. The largest absolute Gasteiger partial charge is 0.507 e. The number of nitrogens with one attached hydrogen (secondary N) is 1. The Morgan fingerprint density at radius 1 is 0.931 bits per heavy atom. The average molecular weight is 427 g/mol. The molecule has 1 heterocycles. The van der Waals surface area contributed by atoms with E-state index in [0.717, 1.165) is 5.56 Å². The molecule has 0 unspecified atom stereocenters. The number of aromatic hydroxyl groups is 1. The number of aromatic nitrogens is 2. The Balaban J connectivity index is 1.52. The fraction of sp³-hybridized carbons (Fsp3) is 0.0455. The van der Waals surface area contributed by atoms with Crippen LogP contribution in [0.3, 0.4) is 0 Å². The van der Waals surface area contributed by atoms with Crippen LogP contribution in [0.25, 0.3) is 11.3 Å². The molecule has 4 aromatic rings. The van der Waals surface area contributed by atoms with Crippen LogP contribution in [-0.2, 0) is 6.61 Å². The normalized spacial score (nSPS) is 10.7. The van der Waals surface area contributed by atoms with E-state index in [4.69, 9.17) is 32.7 Å². The molecule has 7 heteroatoms. The predicted molar refractivity (Wildman–Crippen MR) is 113 cm³/mol. The highest BCUT2D eigenvalue weighted by atomic mass is 35.5. The summed E-state index contributed by atoms with van der Waals surface area (Å²) in [5.74, 6) is 1.52. The molecule has 0 saturated carbocycles. The van der Waals surface area contributed by atoms with E-state index < -0.39 is 0 Å². The summed E-state index contributed by atoms with van der Waals surface area (Å²) in [6.07, 6.45) is 1.53. The van der Waals surface area contributed by atoms with E-state index in [-0.39, 0.29) is 5.75 Å². The van der Waals surface area contributed by atoms with Gasteiger partial charge in [0.25, 0.3) is 0 Å². The molecule has 5 nitrogen and oxygen atoms in total. The molecule has 146 valence electrons. The van der Waals surface area contributed by atoms with Gasteiger partial charge in [-0.05, 0) is 42.0 Å². The molecule has 0 aliphatic rings. The predicted octanol–water partition coefficient (Wildman–Crippen LogP) is 6.46. The zero-order valence-corrected chi connectivity index (χ0v) is 16.6. The van der Waals surface area contributed by atoms with E-state index in [9.17, 15) is 5.11 Å². The first-order valence-electron chi connectivity index (χ1n) is 8.76. The van der Waals surface area contributed by atoms with Gasteiger partial charge in [-0.3, -0.25) is 5.10 Å². The highest BCUT2D eigenvalue weighted by molar-refractivity contribution is 6.32. The lowest BCUT2D eigenvalue weighted by Gasteiger charge is -2.11. The van der Waals surface area contributed by atoms with Gasteiger partial charge in [-0.25, -0.2) is 0 Å². The number of para-hydroxylation sites is 1. The Hall–Kier alpha value is -3.15. The summed E-state index contributed by atoms with van der Waals surface area (Å²) in [5.41, 5.74) is 2.04. The Labute approximate surface area is 177 Å². The Bertz CT molecular complexity index is 1130. The third-order valence-corrected chi connectivity index (χ3v) is 4.78. The summed E-state index contributed by atoms with van der Waals surface area (Å²) in [6.45, 7) is 0.362. The summed E-state index contributed by atoms with van der Waals surface area (Å²) in [7, 11) is 0. The molecule has 3 aromatic carbocycles. The Kier molecular flexibility index (Phi) is 5.60. The van der Waals surface area contributed by atoms with Crippen molar-refractivity contribution in [3.8, 4) is 34.3 Å². The van der Waals surface area contributed by atoms with Crippen LogP contribution >= 0.6 is 23.2 Å². The van der Waals surface area contributed by atoms with Crippen molar-refractivity contribution in [2.45, 2.75) is 6.61 Å². The van der Waals surface area contributed by atoms with E-state index in [1.54, 1.807) is 42.5 Å². The number of nitrogens with zero attached hydrogens (tertiary/aromatic N) is 1. The van der Waals surface area contributed by atoms with Crippen molar-refractivity contribution in [1.82, 2.24) is 10.2 Å². The van der Waals surface area contributed by atoms with Crippen molar-refractivity contribution in [3.05, 3.63) is 88.5 Å². The zero-order chi connectivity index (χ0) is 20.2. The summed E-state index contributed by atoms with van der Waals surface area (Å²) in [5, 5.41) is 18.5. The van der Waals surface area contributed by atoms with E-state index in [1.807, 2.05) is 24.3 Å². The van der Waals surface area contributed by atoms with Gasteiger partial charge in [0.15, 0.2) is 5.75 Å². The molecule has 0 spiro atoms. The van der Waals surface area contributed by atoms with Gasteiger partial charge in [-0.2, -0.15) is 5.10 Å². The van der Waals surface area contributed by atoms with E-state index >= 15 is 0 Å². The van der Waals surface area contributed by atoms with Gasteiger partial charge in [0.05, 0.1) is 11.2 Å². The highest BCUT2D eigenvalue weighted by Gasteiger charge is 2.15. The third kappa shape index (κ3) is 4.47. The lowest BCUT2D eigenvalue weighted by atomic mass is 10.1. The van der Waals surface area contributed by atoms with Crippen LogP contribution in [0.4, 0.5) is 0 Å². The summed E-state index contributed by atoms with van der Waals surface area (Å²) >= 11 is 12.0. The molecule has 0 atom stereocenters. The van der Waals surface area contributed by atoms with Crippen molar-refractivity contribution in [1.29, 1.82) is 0 Å². The SMILES string of the molecule is Oc1cc(OCc2ccc(Cl)cc2)ccc1-c1[nH]ncc1Oc1ccccc1Cl. The Morgan fingerprint density at radius 3 is 2.48 bits per heavy atom. The molecule has 0 fully saturated rings. The van der Waals surface area contributed by atoms with Crippen LogP contribution in [0.1, 0.15) is 5.56 Å². The number of hydrogen-bond donors (Lipinski definition) is 2. The van der Waals surface area contributed by atoms with Crippen molar-refractivity contribution in [2.24, 2.45) is 0 Å². The third-order valence-electron chi connectivity index (χ3n) is 4.22. The highest BCUT2D eigenvalue weighted by Crippen LogP contribution is 2.39. The molecule has 0 radical (unpaired) electrons. The second kappa shape index (κ2) is 8.47. The van der Waals surface area contributed by atoms with Gasteiger partial charge in [-0.1, -0.05) is 47.5 Å². The van der Waals surface area contributed by atoms with Crippen LogP contribution in [0.2, 0.25) is 10.0 Å². The smallest absolute Gasteiger partial charge is 0.173 e. The molecule has 2 N–H and O–H groups in total. The monoisotopic (exact) mass is 426 g/mol. The minimum atomic E-state index is 0.0341. The van der Waals surface area contributed by atoms with Gasteiger partial charge in [0, 0.05) is 16.7 Å².